The van der Waals surface area contributed by atoms with Crippen LogP contribution in [0.4, 0.5) is 0 Å². The van der Waals surface area contributed by atoms with Gasteiger partial charge in [-0.2, -0.15) is 0 Å². The van der Waals surface area contributed by atoms with Crippen LogP contribution in [0, 0.1) is 12.3 Å². The highest BCUT2D eigenvalue weighted by molar-refractivity contribution is 5.95. The second-order valence-corrected chi connectivity index (χ2v) is 3.58. The molecule has 0 spiro atoms. The number of hydrogen-bond acceptors (Lipinski definition) is 2. The number of nitrogens with zero attached hydrogens (tertiary/aromatic N) is 2. The summed E-state index contributed by atoms with van der Waals surface area (Å²) < 4.78 is 1.98. The summed E-state index contributed by atoms with van der Waals surface area (Å²) in [5.74, 6) is 2.60. The third kappa shape index (κ3) is 1.82. The minimum absolute atomic E-state index is 0.684. The molecule has 2 aromatic heterocycles. The molecule has 0 aliphatic rings. The molecule has 16 heavy (non-hydrogen) atoms. The largest absolute Gasteiger partial charge is 0.332 e. The quantitative estimate of drug-likeness (QED) is 0.442. The Bertz CT molecular complexity index is 549. The molecular weight excluding hydrogens is 200 g/mol. The van der Waals surface area contributed by atoms with Crippen molar-refractivity contribution in [3.63, 3.8) is 0 Å². The van der Waals surface area contributed by atoms with Crippen molar-refractivity contribution in [1.29, 1.82) is 0 Å². The Balaban J connectivity index is 2.38. The average molecular weight is 212 g/mol. The van der Waals surface area contributed by atoms with Crippen LogP contribution < -0.4 is 0 Å². The average Bonchev–Trinajstić information content (AvgIpc) is 2.68. The summed E-state index contributed by atoms with van der Waals surface area (Å²) in [6.07, 6.45) is 11.3. The molecule has 3 nitrogen and oxygen atoms in total. The summed E-state index contributed by atoms with van der Waals surface area (Å²) in [4.78, 5) is 15.2. The topological polar surface area (TPSA) is 34.9 Å². The van der Waals surface area contributed by atoms with Gasteiger partial charge in [-0.25, -0.2) is 4.98 Å². The van der Waals surface area contributed by atoms with Crippen LogP contribution >= 0.6 is 0 Å². The van der Waals surface area contributed by atoms with E-state index in [2.05, 4.69) is 10.9 Å². The predicted molar refractivity (Wildman–Crippen MR) is 63.2 cm³/mol. The van der Waals surface area contributed by atoms with E-state index < -0.39 is 0 Å². The van der Waals surface area contributed by atoms with Crippen molar-refractivity contribution in [3.05, 3.63) is 30.1 Å². The summed E-state index contributed by atoms with van der Waals surface area (Å²) in [6.45, 7) is 0.797. The SMILES string of the molecule is C#CCCCn1cc(C=O)c2cccnc21. The molecule has 80 valence electrons. The van der Waals surface area contributed by atoms with Gasteiger partial charge in [0, 0.05) is 36.3 Å². The molecule has 0 aliphatic carbocycles. The summed E-state index contributed by atoms with van der Waals surface area (Å²) in [5, 5.41) is 0.901. The number of carbonyl (C=O) groups excluding carboxylic acids is 1. The molecule has 0 amide bonds. The van der Waals surface area contributed by atoms with Gasteiger partial charge in [0.15, 0.2) is 6.29 Å². The van der Waals surface area contributed by atoms with Gasteiger partial charge in [0.25, 0.3) is 0 Å². The van der Waals surface area contributed by atoms with Crippen LogP contribution in [0.5, 0.6) is 0 Å². The summed E-state index contributed by atoms with van der Waals surface area (Å²) in [7, 11) is 0. The second kappa shape index (κ2) is 4.63. The Labute approximate surface area is 94.1 Å². The third-order valence-corrected chi connectivity index (χ3v) is 2.51. The van der Waals surface area contributed by atoms with E-state index in [-0.39, 0.29) is 0 Å². The van der Waals surface area contributed by atoms with Gasteiger partial charge in [-0.3, -0.25) is 4.79 Å². The standard InChI is InChI=1S/C13H12N2O/c1-2-3-4-8-15-9-11(10-16)12-6-5-7-14-13(12)15/h1,5-7,9-10H,3-4,8H2. The molecule has 0 saturated carbocycles. The fraction of sp³-hybridized carbons (Fsp3) is 0.231. The van der Waals surface area contributed by atoms with E-state index in [4.69, 9.17) is 6.42 Å². The minimum atomic E-state index is 0.684. The Hall–Kier alpha value is -2.08. The van der Waals surface area contributed by atoms with E-state index in [1.54, 1.807) is 6.20 Å². The fourth-order valence-electron chi connectivity index (χ4n) is 1.77. The van der Waals surface area contributed by atoms with Crippen LogP contribution in [0.1, 0.15) is 23.2 Å². The molecule has 2 heterocycles. The Morgan fingerprint density at radius 3 is 3.19 bits per heavy atom. The van der Waals surface area contributed by atoms with Crippen molar-refractivity contribution in [3.8, 4) is 12.3 Å². The van der Waals surface area contributed by atoms with Crippen molar-refractivity contribution in [2.24, 2.45) is 0 Å². The van der Waals surface area contributed by atoms with Crippen molar-refractivity contribution in [2.75, 3.05) is 0 Å². The minimum Gasteiger partial charge on any atom is -0.332 e. The number of terminal acetylenes is 1. The highest BCUT2D eigenvalue weighted by Crippen LogP contribution is 2.18. The zero-order valence-electron chi connectivity index (χ0n) is 8.89. The number of pyridine rings is 1. The Morgan fingerprint density at radius 1 is 1.56 bits per heavy atom. The number of hydrogen-bond donors (Lipinski definition) is 0. The van der Waals surface area contributed by atoms with Crippen molar-refractivity contribution >= 4 is 17.3 Å². The lowest BCUT2D eigenvalue weighted by Gasteiger charge is -2.01. The van der Waals surface area contributed by atoms with E-state index in [1.165, 1.54) is 0 Å². The predicted octanol–water partition coefficient (Wildman–Crippen LogP) is 2.26. The lowest BCUT2D eigenvalue weighted by atomic mass is 10.2. The van der Waals surface area contributed by atoms with Crippen LogP contribution in [-0.2, 0) is 6.54 Å². The van der Waals surface area contributed by atoms with Gasteiger partial charge in [-0.15, -0.1) is 12.3 Å². The van der Waals surface area contributed by atoms with Gasteiger partial charge in [0.1, 0.15) is 5.65 Å². The zero-order chi connectivity index (χ0) is 11.4. The van der Waals surface area contributed by atoms with E-state index in [0.717, 1.165) is 36.7 Å². The fourth-order valence-corrected chi connectivity index (χ4v) is 1.77. The number of fused-ring (bicyclic) bond motifs is 1. The molecule has 0 N–H and O–H groups in total. The Morgan fingerprint density at radius 2 is 2.44 bits per heavy atom. The first-order chi connectivity index (χ1) is 7.86. The van der Waals surface area contributed by atoms with Crippen LogP contribution in [0.15, 0.2) is 24.5 Å². The molecule has 0 aromatic carbocycles. The number of aryl methyl sites for hydroxylation is 1. The molecule has 0 unspecified atom stereocenters. The zero-order valence-corrected chi connectivity index (χ0v) is 8.89. The second-order valence-electron chi connectivity index (χ2n) is 3.58. The number of aldehydes is 1. The first-order valence-electron chi connectivity index (χ1n) is 5.19. The number of unbranched alkanes of at least 4 members (excludes halogenated alkanes) is 1. The van der Waals surface area contributed by atoms with Crippen molar-refractivity contribution in [2.45, 2.75) is 19.4 Å². The molecule has 0 bridgehead atoms. The number of aromatic nitrogens is 2. The van der Waals surface area contributed by atoms with Gasteiger partial charge in [0.2, 0.25) is 0 Å². The molecule has 3 heteroatoms. The van der Waals surface area contributed by atoms with E-state index >= 15 is 0 Å². The molecule has 2 aromatic rings. The van der Waals surface area contributed by atoms with Crippen LogP contribution in [0.3, 0.4) is 0 Å². The van der Waals surface area contributed by atoms with Crippen LogP contribution in [0.2, 0.25) is 0 Å². The summed E-state index contributed by atoms with van der Waals surface area (Å²) >= 11 is 0. The smallest absolute Gasteiger partial charge is 0.152 e. The van der Waals surface area contributed by atoms with Gasteiger partial charge in [-0.1, -0.05) is 0 Å². The van der Waals surface area contributed by atoms with E-state index in [0.29, 0.717) is 5.56 Å². The molecular formula is C13H12N2O. The normalized spacial score (nSPS) is 10.2. The lowest BCUT2D eigenvalue weighted by Crippen LogP contribution is -1.96. The number of carbonyl (C=O) groups is 1. The summed E-state index contributed by atoms with van der Waals surface area (Å²) in [6, 6.07) is 3.74. The van der Waals surface area contributed by atoms with Gasteiger partial charge in [0.05, 0.1) is 0 Å². The molecule has 0 saturated heterocycles. The number of rotatable bonds is 4. The lowest BCUT2D eigenvalue weighted by molar-refractivity contribution is 0.112. The molecule has 0 fully saturated rings. The van der Waals surface area contributed by atoms with E-state index in [1.807, 2.05) is 22.9 Å². The maximum atomic E-state index is 10.9. The van der Waals surface area contributed by atoms with Gasteiger partial charge < -0.3 is 4.57 Å². The first kappa shape index (κ1) is 10.4. The van der Waals surface area contributed by atoms with Gasteiger partial charge in [-0.05, 0) is 18.6 Å². The van der Waals surface area contributed by atoms with Crippen LogP contribution in [-0.4, -0.2) is 15.8 Å². The van der Waals surface area contributed by atoms with Gasteiger partial charge >= 0.3 is 0 Å². The van der Waals surface area contributed by atoms with Crippen LogP contribution in [0.25, 0.3) is 11.0 Å². The third-order valence-electron chi connectivity index (χ3n) is 2.51. The van der Waals surface area contributed by atoms with Crippen molar-refractivity contribution < 1.29 is 4.79 Å². The molecule has 0 radical (unpaired) electrons. The molecule has 2 rings (SSSR count). The maximum Gasteiger partial charge on any atom is 0.152 e. The maximum absolute atomic E-state index is 10.9. The first-order valence-corrected chi connectivity index (χ1v) is 5.19. The highest BCUT2D eigenvalue weighted by atomic mass is 16.1. The Kier molecular flexibility index (Phi) is 3.02. The summed E-state index contributed by atoms with van der Waals surface area (Å²) in [5.41, 5.74) is 1.53. The molecule has 0 aliphatic heterocycles. The highest BCUT2D eigenvalue weighted by Gasteiger charge is 2.07. The monoisotopic (exact) mass is 212 g/mol. The molecule has 0 atom stereocenters. The van der Waals surface area contributed by atoms with Crippen molar-refractivity contribution in [1.82, 2.24) is 9.55 Å². The van der Waals surface area contributed by atoms with E-state index in [9.17, 15) is 4.79 Å².